The average Bonchev–Trinajstić information content (AvgIpc) is 3.52. The van der Waals surface area contributed by atoms with Crippen LogP contribution in [0.5, 0.6) is 0 Å². The van der Waals surface area contributed by atoms with Gasteiger partial charge in [0.1, 0.15) is 5.52 Å². The molecule has 4 heterocycles. The topological polar surface area (TPSA) is 63.5 Å². The molecule has 1 saturated carbocycles. The van der Waals surface area contributed by atoms with Gasteiger partial charge in [-0.25, -0.2) is 9.97 Å². The molecule has 2 aromatic rings. The lowest BCUT2D eigenvalue weighted by atomic mass is 9.89. The third-order valence-corrected chi connectivity index (χ3v) is 6.73. The summed E-state index contributed by atoms with van der Waals surface area (Å²) in [6.07, 6.45) is 8.12. The number of rotatable bonds is 4. The standard InChI is InChI=1S/C21H29N5O2/c1-15(24-8-10-28-11-9-24)16-4-6-25(7-5-16)21(27)17-12-19-20(22-13-17)26(14-23-19)18-2-3-18/h12-16,18H,2-11H2,1H3. The third kappa shape index (κ3) is 3.42. The summed E-state index contributed by atoms with van der Waals surface area (Å²) in [5.74, 6) is 0.741. The van der Waals surface area contributed by atoms with Crippen LogP contribution in [0.15, 0.2) is 18.6 Å². The highest BCUT2D eigenvalue weighted by molar-refractivity contribution is 5.96. The first kappa shape index (κ1) is 18.1. The molecule has 1 unspecified atom stereocenters. The Hall–Kier alpha value is -1.99. The lowest BCUT2D eigenvalue weighted by molar-refractivity contribution is -0.000952. The van der Waals surface area contributed by atoms with E-state index in [1.165, 1.54) is 12.8 Å². The van der Waals surface area contributed by atoms with Gasteiger partial charge in [0.05, 0.1) is 25.1 Å². The highest BCUT2D eigenvalue weighted by atomic mass is 16.5. The summed E-state index contributed by atoms with van der Waals surface area (Å²) < 4.78 is 7.62. The van der Waals surface area contributed by atoms with E-state index in [4.69, 9.17) is 4.74 Å². The fraction of sp³-hybridized carbons (Fsp3) is 0.667. The van der Waals surface area contributed by atoms with Gasteiger partial charge in [-0.2, -0.15) is 0 Å². The smallest absolute Gasteiger partial charge is 0.255 e. The Morgan fingerprint density at radius 3 is 2.57 bits per heavy atom. The first-order valence-electron chi connectivity index (χ1n) is 10.6. The van der Waals surface area contributed by atoms with Gasteiger partial charge in [-0.15, -0.1) is 0 Å². The lowest BCUT2D eigenvalue weighted by Crippen LogP contribution is -2.49. The van der Waals surface area contributed by atoms with Crippen LogP contribution in [0.2, 0.25) is 0 Å². The van der Waals surface area contributed by atoms with Crippen molar-refractivity contribution in [1.82, 2.24) is 24.3 Å². The average molecular weight is 383 g/mol. The molecule has 1 atom stereocenters. The van der Waals surface area contributed by atoms with E-state index < -0.39 is 0 Å². The molecule has 2 saturated heterocycles. The minimum Gasteiger partial charge on any atom is -0.379 e. The van der Waals surface area contributed by atoms with Crippen molar-refractivity contribution in [3.05, 3.63) is 24.2 Å². The van der Waals surface area contributed by atoms with E-state index >= 15 is 0 Å². The normalized spacial score (nSPS) is 23.2. The number of likely N-dealkylation sites (tertiary alicyclic amines) is 1. The number of carbonyl (C=O) groups is 1. The Kier molecular flexibility index (Phi) is 4.80. The lowest BCUT2D eigenvalue weighted by Gasteiger charge is -2.41. The van der Waals surface area contributed by atoms with Crippen LogP contribution < -0.4 is 0 Å². The van der Waals surface area contributed by atoms with Crippen molar-refractivity contribution in [1.29, 1.82) is 0 Å². The maximum Gasteiger partial charge on any atom is 0.255 e. The second-order valence-corrected chi connectivity index (χ2v) is 8.47. The summed E-state index contributed by atoms with van der Waals surface area (Å²) >= 11 is 0. The SMILES string of the molecule is CC(C1CCN(C(=O)c2cnc3c(c2)ncn3C2CC2)CC1)N1CCOCC1. The van der Waals surface area contributed by atoms with Crippen LogP contribution in [0.3, 0.4) is 0 Å². The van der Waals surface area contributed by atoms with Crippen molar-refractivity contribution in [3.8, 4) is 0 Å². The van der Waals surface area contributed by atoms with Crippen molar-refractivity contribution in [2.24, 2.45) is 5.92 Å². The summed E-state index contributed by atoms with van der Waals surface area (Å²) in [5.41, 5.74) is 2.39. The number of hydrogen-bond donors (Lipinski definition) is 0. The fourth-order valence-electron chi connectivity index (χ4n) is 4.71. The summed E-state index contributed by atoms with van der Waals surface area (Å²) in [6, 6.07) is 3.02. The van der Waals surface area contributed by atoms with Gasteiger partial charge in [0, 0.05) is 44.5 Å². The molecular weight excluding hydrogens is 354 g/mol. The Bertz CT molecular complexity index is 848. The molecule has 7 nitrogen and oxygen atoms in total. The van der Waals surface area contributed by atoms with E-state index in [0.717, 1.165) is 63.4 Å². The predicted molar refractivity (Wildman–Crippen MR) is 106 cm³/mol. The molecule has 2 aliphatic heterocycles. The highest BCUT2D eigenvalue weighted by Gasteiger charge is 2.31. The van der Waals surface area contributed by atoms with E-state index in [2.05, 4.69) is 26.4 Å². The molecule has 0 radical (unpaired) electrons. The number of aromatic nitrogens is 3. The molecule has 0 bridgehead atoms. The van der Waals surface area contributed by atoms with Gasteiger partial charge in [-0.05, 0) is 44.6 Å². The summed E-state index contributed by atoms with van der Waals surface area (Å²) in [5, 5.41) is 0. The minimum absolute atomic E-state index is 0.0906. The van der Waals surface area contributed by atoms with Gasteiger partial charge in [-0.1, -0.05) is 0 Å². The predicted octanol–water partition coefficient (Wildman–Crippen LogP) is 2.34. The van der Waals surface area contributed by atoms with Gasteiger partial charge in [0.15, 0.2) is 5.65 Å². The van der Waals surface area contributed by atoms with Crippen molar-refractivity contribution in [2.75, 3.05) is 39.4 Å². The molecule has 5 rings (SSSR count). The number of hydrogen-bond acceptors (Lipinski definition) is 5. The van der Waals surface area contributed by atoms with E-state index in [1.54, 1.807) is 6.20 Å². The minimum atomic E-state index is 0.0906. The monoisotopic (exact) mass is 383 g/mol. The summed E-state index contributed by atoms with van der Waals surface area (Å²) in [6.45, 7) is 7.72. The Morgan fingerprint density at radius 2 is 1.86 bits per heavy atom. The molecule has 3 aliphatic rings. The zero-order valence-corrected chi connectivity index (χ0v) is 16.6. The molecule has 0 aromatic carbocycles. The van der Waals surface area contributed by atoms with Crippen LogP contribution in [-0.2, 0) is 4.74 Å². The highest BCUT2D eigenvalue weighted by Crippen LogP contribution is 2.36. The summed E-state index contributed by atoms with van der Waals surface area (Å²) in [4.78, 5) is 26.6. The third-order valence-electron chi connectivity index (χ3n) is 6.73. The van der Waals surface area contributed by atoms with Crippen LogP contribution >= 0.6 is 0 Å². The first-order chi connectivity index (χ1) is 13.7. The van der Waals surface area contributed by atoms with E-state index in [9.17, 15) is 4.79 Å². The van der Waals surface area contributed by atoms with Gasteiger partial charge >= 0.3 is 0 Å². The van der Waals surface area contributed by atoms with Crippen LogP contribution in [0.25, 0.3) is 11.2 Å². The van der Waals surface area contributed by atoms with Crippen LogP contribution in [0, 0.1) is 5.92 Å². The van der Waals surface area contributed by atoms with Crippen molar-refractivity contribution < 1.29 is 9.53 Å². The number of fused-ring (bicyclic) bond motifs is 1. The van der Waals surface area contributed by atoms with E-state index in [0.29, 0.717) is 23.6 Å². The number of amides is 1. The number of nitrogens with zero attached hydrogens (tertiary/aromatic N) is 5. The van der Waals surface area contributed by atoms with E-state index in [1.807, 2.05) is 17.3 Å². The zero-order valence-electron chi connectivity index (χ0n) is 16.6. The molecule has 7 heteroatoms. The van der Waals surface area contributed by atoms with Crippen molar-refractivity contribution in [3.63, 3.8) is 0 Å². The molecule has 0 N–H and O–H groups in total. The number of imidazole rings is 1. The number of ether oxygens (including phenoxy) is 1. The largest absolute Gasteiger partial charge is 0.379 e. The molecule has 150 valence electrons. The van der Waals surface area contributed by atoms with Crippen LogP contribution in [-0.4, -0.2) is 75.7 Å². The molecular formula is C21H29N5O2. The van der Waals surface area contributed by atoms with Crippen LogP contribution in [0.4, 0.5) is 0 Å². The Morgan fingerprint density at radius 1 is 1.11 bits per heavy atom. The van der Waals surface area contributed by atoms with Crippen molar-refractivity contribution >= 4 is 17.1 Å². The second-order valence-electron chi connectivity index (χ2n) is 8.47. The second kappa shape index (κ2) is 7.44. The zero-order chi connectivity index (χ0) is 19.1. The molecule has 3 fully saturated rings. The molecule has 1 aliphatic carbocycles. The Labute approximate surface area is 165 Å². The van der Waals surface area contributed by atoms with Gasteiger partial charge in [0.25, 0.3) is 5.91 Å². The van der Waals surface area contributed by atoms with Crippen molar-refractivity contribution in [2.45, 2.75) is 44.7 Å². The van der Waals surface area contributed by atoms with E-state index in [-0.39, 0.29) is 5.91 Å². The molecule has 2 aromatic heterocycles. The van der Waals surface area contributed by atoms with Gasteiger partial charge in [-0.3, -0.25) is 9.69 Å². The van der Waals surface area contributed by atoms with Gasteiger partial charge in [0.2, 0.25) is 0 Å². The number of carbonyl (C=O) groups excluding carboxylic acids is 1. The summed E-state index contributed by atoms with van der Waals surface area (Å²) in [7, 11) is 0. The van der Waals surface area contributed by atoms with Gasteiger partial charge < -0.3 is 14.2 Å². The molecule has 1 amide bonds. The van der Waals surface area contributed by atoms with Crippen LogP contribution in [0.1, 0.15) is 49.0 Å². The number of morpholine rings is 1. The quantitative estimate of drug-likeness (QED) is 0.811. The first-order valence-corrected chi connectivity index (χ1v) is 10.6. The maximum absolute atomic E-state index is 13.0. The number of piperidine rings is 1. The number of pyridine rings is 1. The fourth-order valence-corrected chi connectivity index (χ4v) is 4.71. The molecule has 0 spiro atoms. The molecule has 28 heavy (non-hydrogen) atoms. The Balaban J connectivity index is 1.22. The maximum atomic E-state index is 13.0.